The summed E-state index contributed by atoms with van der Waals surface area (Å²) in [7, 11) is -3.63. The summed E-state index contributed by atoms with van der Waals surface area (Å²) in [6.45, 7) is 0. The molecule has 0 N–H and O–H groups in total. The molecule has 0 atom stereocenters. The summed E-state index contributed by atoms with van der Waals surface area (Å²) in [5, 5.41) is 0. The maximum atomic E-state index is 8.52. The third kappa shape index (κ3) is 42.3. The van der Waals surface area contributed by atoms with Crippen molar-refractivity contribution in [3.8, 4) is 0 Å². The van der Waals surface area contributed by atoms with Gasteiger partial charge in [-0.15, -0.1) is 0 Å². The smallest absolute Gasteiger partial charge is 1.00 e. The zero-order valence-corrected chi connectivity index (χ0v) is 11.0. The maximum Gasteiger partial charge on any atom is 1.00 e. The molecular weight excluding hydrogens is 234 g/mol. The van der Waals surface area contributed by atoms with E-state index in [1.165, 1.54) is 0 Å². The molecule has 0 aliphatic rings. The molecule has 0 heterocycles. The average molecular weight is 238 g/mol. The fraction of sp³-hybridized carbons (Fsp3) is 0. The van der Waals surface area contributed by atoms with Gasteiger partial charge in [-0.1, -0.05) is 0 Å². The zero-order chi connectivity index (χ0) is 3.58. The van der Waals surface area contributed by atoms with Gasteiger partial charge in [0.05, 0.1) is 0 Å². The molecule has 0 aromatic carbocycles. The third-order valence-electron chi connectivity index (χ3n) is 0. The Kier molecular flexibility index (Phi) is 83.4. The first-order valence-electron chi connectivity index (χ1n) is 0.612. The molecule has 8 heavy (non-hydrogen) atoms. The Morgan fingerprint density at radius 1 is 1.00 bits per heavy atom. The quantitative estimate of drug-likeness (QED) is 0.394. The SMILES string of the molecule is O=[Si]([O-])[O-].[CaH2].[CaH2].[K+].[K+]. The predicted octanol–water partition coefficient (Wildman–Crippen LogP) is -10.7. The van der Waals surface area contributed by atoms with E-state index in [0.717, 1.165) is 0 Å². The molecule has 0 spiro atoms. The zero-order valence-electron chi connectivity index (χ0n) is 3.72. The minimum Gasteiger partial charge on any atom is 1.00 e. The molecule has 0 aromatic heterocycles. The molecule has 0 aromatic rings. The van der Waals surface area contributed by atoms with Gasteiger partial charge < -0.3 is 14.1 Å². The largest absolute Gasteiger partial charge is 1.00 e. The van der Waals surface area contributed by atoms with E-state index in [0.29, 0.717) is 0 Å². The van der Waals surface area contributed by atoms with E-state index in [-0.39, 0.29) is 178 Å². The van der Waals surface area contributed by atoms with Crippen molar-refractivity contribution in [1.29, 1.82) is 0 Å². The van der Waals surface area contributed by atoms with E-state index in [4.69, 9.17) is 14.1 Å². The molecule has 0 saturated heterocycles. The maximum absolute atomic E-state index is 8.52. The number of rotatable bonds is 0. The van der Waals surface area contributed by atoms with E-state index in [9.17, 15) is 0 Å². The second-order valence-electron chi connectivity index (χ2n) is 0.250. The molecular formula is H4Ca2K2O3Si. The minimum atomic E-state index is -3.63. The van der Waals surface area contributed by atoms with Gasteiger partial charge >= 0.3 is 178 Å². The topological polar surface area (TPSA) is 63.2 Å². The van der Waals surface area contributed by atoms with Crippen molar-refractivity contribution in [3.63, 3.8) is 0 Å². The summed E-state index contributed by atoms with van der Waals surface area (Å²) >= 11 is 0. The fourth-order valence-electron chi connectivity index (χ4n) is 0. The normalized spacial score (nSPS) is 3.00. The summed E-state index contributed by atoms with van der Waals surface area (Å²) in [5.41, 5.74) is 0. The monoisotopic (exact) mass is 238 g/mol. The summed E-state index contributed by atoms with van der Waals surface area (Å²) in [6, 6.07) is 0. The number of hydrogen-bond acceptors (Lipinski definition) is 3. The first-order valence-corrected chi connectivity index (χ1v) is 1.84. The molecule has 0 rings (SSSR count). The molecule has 0 aliphatic carbocycles. The summed E-state index contributed by atoms with van der Waals surface area (Å²) in [5.74, 6) is 0. The van der Waals surface area contributed by atoms with Crippen LogP contribution >= 0.6 is 0 Å². The van der Waals surface area contributed by atoms with Gasteiger partial charge in [-0.25, -0.2) is 0 Å². The van der Waals surface area contributed by atoms with Crippen LogP contribution in [0.3, 0.4) is 0 Å². The van der Waals surface area contributed by atoms with Crippen molar-refractivity contribution in [3.05, 3.63) is 0 Å². The third-order valence-corrected chi connectivity index (χ3v) is 0. The van der Waals surface area contributed by atoms with Crippen molar-refractivity contribution >= 4 is 84.6 Å². The van der Waals surface area contributed by atoms with Gasteiger partial charge in [0.1, 0.15) is 0 Å². The van der Waals surface area contributed by atoms with Gasteiger partial charge in [-0.3, -0.25) is 0 Å². The fourth-order valence-corrected chi connectivity index (χ4v) is 0. The Hall–Kier alpha value is 5.41. The van der Waals surface area contributed by atoms with E-state index >= 15 is 0 Å². The Balaban J connectivity index is -0.00000000750. The average Bonchev–Trinajstić information content (AvgIpc) is 0.811. The standard InChI is InChI=1S/2Ca.2K.O3Si.4H/c;;;;1-4(2)3;;;;/q;;2*+1;-2;;;;. The molecule has 32 valence electrons. The van der Waals surface area contributed by atoms with E-state index in [1.54, 1.807) is 0 Å². The Morgan fingerprint density at radius 3 is 1.00 bits per heavy atom. The minimum absolute atomic E-state index is 0. The van der Waals surface area contributed by atoms with Crippen LogP contribution in [0.4, 0.5) is 0 Å². The van der Waals surface area contributed by atoms with Crippen LogP contribution in [0, 0.1) is 0 Å². The Bertz CT molecular complexity index is 38.3. The Morgan fingerprint density at radius 2 is 1.00 bits per heavy atom. The van der Waals surface area contributed by atoms with E-state index in [2.05, 4.69) is 0 Å². The molecule has 0 unspecified atom stereocenters. The van der Waals surface area contributed by atoms with Gasteiger partial charge in [-0.05, 0) is 0 Å². The summed E-state index contributed by atoms with van der Waals surface area (Å²) in [4.78, 5) is 17.0. The van der Waals surface area contributed by atoms with Crippen molar-refractivity contribution in [1.82, 2.24) is 0 Å². The van der Waals surface area contributed by atoms with Crippen molar-refractivity contribution < 1.29 is 117 Å². The molecule has 0 bridgehead atoms. The predicted molar refractivity (Wildman–Crippen MR) is 23.5 cm³/mol. The van der Waals surface area contributed by atoms with Gasteiger partial charge in [0.25, 0.3) is 0 Å². The van der Waals surface area contributed by atoms with Crippen LogP contribution in [-0.4, -0.2) is 84.6 Å². The van der Waals surface area contributed by atoms with Gasteiger partial charge in [0.15, 0.2) is 0 Å². The van der Waals surface area contributed by atoms with Gasteiger partial charge in [-0.2, -0.15) is 0 Å². The molecule has 0 saturated carbocycles. The molecule has 0 fully saturated rings. The second kappa shape index (κ2) is 22.8. The first kappa shape index (κ1) is 29.2. The van der Waals surface area contributed by atoms with Crippen LogP contribution in [0.25, 0.3) is 0 Å². The van der Waals surface area contributed by atoms with Crippen LogP contribution in [-0.2, 0) is 4.46 Å². The number of hydrogen-bond donors (Lipinski definition) is 0. The van der Waals surface area contributed by atoms with Crippen LogP contribution in [0.1, 0.15) is 0 Å². The van der Waals surface area contributed by atoms with Crippen LogP contribution in [0.2, 0.25) is 0 Å². The summed E-state index contributed by atoms with van der Waals surface area (Å²) in [6.07, 6.45) is 0. The first-order chi connectivity index (χ1) is 1.73. The molecule has 0 aliphatic heterocycles. The van der Waals surface area contributed by atoms with E-state index in [1.807, 2.05) is 0 Å². The second-order valence-corrected chi connectivity index (χ2v) is 0.750. The van der Waals surface area contributed by atoms with Crippen LogP contribution < -0.4 is 112 Å². The summed E-state index contributed by atoms with van der Waals surface area (Å²) < 4.78 is 8.52. The molecule has 8 heteroatoms. The van der Waals surface area contributed by atoms with Crippen molar-refractivity contribution in [2.75, 3.05) is 0 Å². The van der Waals surface area contributed by atoms with Gasteiger partial charge in [0, 0.05) is 9.17 Å². The molecule has 3 nitrogen and oxygen atoms in total. The van der Waals surface area contributed by atoms with Crippen molar-refractivity contribution in [2.24, 2.45) is 0 Å². The Labute approximate surface area is 194 Å². The van der Waals surface area contributed by atoms with Crippen LogP contribution in [0.5, 0.6) is 0 Å². The van der Waals surface area contributed by atoms with Crippen LogP contribution in [0.15, 0.2) is 0 Å². The molecule has 0 radical (unpaired) electrons. The molecule has 0 amide bonds. The van der Waals surface area contributed by atoms with E-state index < -0.39 is 9.17 Å². The van der Waals surface area contributed by atoms with Crippen molar-refractivity contribution in [2.45, 2.75) is 0 Å². The van der Waals surface area contributed by atoms with Gasteiger partial charge in [0.2, 0.25) is 0 Å².